The number of amides is 2. The van der Waals surface area contributed by atoms with Gasteiger partial charge in [0.15, 0.2) is 28.9 Å². The Morgan fingerprint density at radius 2 is 1.66 bits per heavy atom. The Kier molecular flexibility index (Phi) is 10.4. The van der Waals surface area contributed by atoms with Gasteiger partial charge in [-0.15, -0.1) is 0 Å². The van der Waals surface area contributed by atoms with Crippen molar-refractivity contribution in [3.8, 4) is 17.2 Å². The first-order valence-corrected chi connectivity index (χ1v) is 20.5. The highest BCUT2D eigenvalue weighted by atomic mass is 35.5. The maximum Gasteiger partial charge on any atom is 0.417 e. The Bertz CT molecular complexity index is 3220. The number of carbonyl (C=O) groups excluding carboxylic acids is 2. The number of hydrogen-bond donors (Lipinski definition) is 2. The molecule has 3 aromatic carbocycles. The molecule has 3 aliphatic rings. The maximum absolute atomic E-state index is 15.5. The third-order valence-corrected chi connectivity index (χ3v) is 13.0. The summed E-state index contributed by atoms with van der Waals surface area (Å²) in [5, 5.41) is 10.6. The SMILES string of the molecule is COc1cc2nc(CCn3c(=O)n4n(c3=O)[C@@H]3C[C@H]5C(=O)N(Nc6ncc(C(F)(F)F)cc6Cl)C(=O)[C@@]5(c5ccc(Cl)cc5)[C@@H](c5ccc(O)c(F)c5)C3=CC4)c(=O)n(C)c2cc1OC. The number of anilines is 1. The number of fused-ring (bicyclic) bond motifs is 5. The predicted octanol–water partition coefficient (Wildman–Crippen LogP) is 5.50. The Hall–Kier alpha value is -6.93. The number of pyridine rings is 1. The lowest BCUT2D eigenvalue weighted by molar-refractivity contribution is -0.139. The number of hydrogen-bond acceptors (Lipinski definition) is 11. The van der Waals surface area contributed by atoms with E-state index in [1.54, 1.807) is 18.2 Å². The lowest BCUT2D eigenvalue weighted by Crippen LogP contribution is -2.53. The fourth-order valence-electron chi connectivity index (χ4n) is 9.45. The largest absolute Gasteiger partial charge is 0.505 e. The number of rotatable bonds is 9. The molecule has 2 N–H and O–H groups in total. The minimum atomic E-state index is -4.81. The molecule has 65 heavy (non-hydrogen) atoms. The number of allylic oxidation sites excluding steroid dienone is 2. The number of ether oxygens (including phenoxy) is 2. The molecule has 0 unspecified atom stereocenters. The van der Waals surface area contributed by atoms with Crippen LogP contribution in [0.5, 0.6) is 17.2 Å². The first-order valence-electron chi connectivity index (χ1n) is 19.8. The highest BCUT2D eigenvalue weighted by Crippen LogP contribution is 2.62. The minimum absolute atomic E-state index is 0.0386. The van der Waals surface area contributed by atoms with Crippen LogP contribution in [-0.4, -0.2) is 64.6 Å². The van der Waals surface area contributed by atoms with Crippen LogP contribution in [0.4, 0.5) is 23.4 Å². The summed E-state index contributed by atoms with van der Waals surface area (Å²) in [6.45, 7) is -0.521. The van der Waals surface area contributed by atoms with Crippen LogP contribution in [0.3, 0.4) is 0 Å². The van der Waals surface area contributed by atoms with E-state index < -0.39 is 86.2 Å². The molecule has 0 radical (unpaired) electrons. The molecule has 1 aliphatic carbocycles. The van der Waals surface area contributed by atoms with Crippen LogP contribution in [-0.2, 0) is 47.7 Å². The summed E-state index contributed by atoms with van der Waals surface area (Å²) in [6, 6.07) is 12.0. The average Bonchev–Trinajstić information content (AvgIpc) is 3.65. The van der Waals surface area contributed by atoms with Gasteiger partial charge in [-0.3, -0.25) is 19.8 Å². The number of alkyl halides is 3. The van der Waals surface area contributed by atoms with E-state index in [2.05, 4.69) is 15.4 Å². The second kappa shape index (κ2) is 15.7. The molecule has 336 valence electrons. The third-order valence-electron chi connectivity index (χ3n) is 12.4. The van der Waals surface area contributed by atoms with Crippen LogP contribution in [0, 0.1) is 11.7 Å². The van der Waals surface area contributed by atoms with E-state index in [0.29, 0.717) is 45.4 Å². The van der Waals surface area contributed by atoms with Crippen LogP contribution in [0.2, 0.25) is 10.0 Å². The van der Waals surface area contributed by atoms with Gasteiger partial charge in [-0.05, 0) is 53.5 Å². The monoisotopic (exact) mass is 936 g/mol. The standard InChI is InChI=1S/C43H34Cl2F4N8O8/c1-53-31-18-34(65-3)33(64-2)17-29(31)51-28(38(53)60)11-12-54-40(62)55-13-10-24-30(57(55)41(54)63)16-25-37(59)56(52-36-26(45)15-22(19-50-36)43(47,48)49)39(61)42(25,21-5-7-23(44)8-6-21)35(24)20-4-9-32(58)27(46)14-20/h4-10,14-15,17-19,25,30,35,58H,11-13,16H2,1-3H3,(H,50,52)/t25-,30+,35-,42+/m0/s1. The molecule has 2 amide bonds. The lowest BCUT2D eigenvalue weighted by atomic mass is 9.53. The van der Waals surface area contributed by atoms with Crippen molar-refractivity contribution in [2.45, 2.75) is 49.5 Å². The summed E-state index contributed by atoms with van der Waals surface area (Å²) in [6.07, 6.45) is -3.19. The molecular formula is C43H34Cl2F4N8O8. The molecule has 2 aliphatic heterocycles. The fourth-order valence-corrected chi connectivity index (χ4v) is 9.79. The highest BCUT2D eigenvalue weighted by molar-refractivity contribution is 6.33. The van der Waals surface area contributed by atoms with Crippen molar-refractivity contribution in [3.63, 3.8) is 0 Å². The Morgan fingerprint density at radius 3 is 2.32 bits per heavy atom. The first kappa shape index (κ1) is 43.3. The summed E-state index contributed by atoms with van der Waals surface area (Å²) in [7, 11) is 4.43. The zero-order valence-electron chi connectivity index (χ0n) is 34.2. The van der Waals surface area contributed by atoms with Crippen molar-refractivity contribution >= 4 is 51.9 Å². The molecule has 1 saturated heterocycles. The summed E-state index contributed by atoms with van der Waals surface area (Å²) in [5.74, 6) is -6.07. The molecule has 0 spiro atoms. The Labute approximate surface area is 373 Å². The van der Waals surface area contributed by atoms with E-state index in [9.17, 15) is 37.5 Å². The van der Waals surface area contributed by atoms with Gasteiger partial charge in [-0.25, -0.2) is 37.9 Å². The number of phenols is 1. The number of phenolic OH excluding ortho intramolecular Hbond substituents is 1. The van der Waals surface area contributed by atoms with E-state index in [0.717, 1.165) is 21.4 Å². The van der Waals surface area contributed by atoms with Crippen molar-refractivity contribution in [2.75, 3.05) is 19.6 Å². The molecular weight excluding hydrogens is 903 g/mol. The highest BCUT2D eigenvalue weighted by Gasteiger charge is 2.69. The molecule has 4 atom stereocenters. The van der Waals surface area contributed by atoms with Crippen molar-refractivity contribution in [1.82, 2.24) is 33.5 Å². The number of aryl methyl sites for hydroxylation is 2. The van der Waals surface area contributed by atoms with Gasteiger partial charge in [-0.1, -0.05) is 47.5 Å². The van der Waals surface area contributed by atoms with Crippen LogP contribution < -0.4 is 31.8 Å². The maximum atomic E-state index is 15.5. The van der Waals surface area contributed by atoms with Gasteiger partial charge >= 0.3 is 17.6 Å². The van der Waals surface area contributed by atoms with Crippen LogP contribution in [0.25, 0.3) is 11.0 Å². The normalized spacial score (nSPS) is 20.4. The van der Waals surface area contributed by atoms with Gasteiger partial charge in [0.05, 0.1) is 59.8 Å². The number of halogens is 6. The van der Waals surface area contributed by atoms with Gasteiger partial charge in [-0.2, -0.15) is 18.2 Å². The zero-order valence-corrected chi connectivity index (χ0v) is 35.7. The third kappa shape index (κ3) is 6.67. The van der Waals surface area contributed by atoms with Gasteiger partial charge < -0.3 is 19.1 Å². The summed E-state index contributed by atoms with van der Waals surface area (Å²) >= 11 is 12.5. The first-order chi connectivity index (χ1) is 30.9. The number of imide groups is 1. The molecule has 2 fully saturated rings. The molecule has 9 rings (SSSR count). The molecule has 6 aromatic rings. The smallest absolute Gasteiger partial charge is 0.417 e. The molecule has 3 aromatic heterocycles. The number of nitrogens with zero attached hydrogens (tertiary/aromatic N) is 7. The van der Waals surface area contributed by atoms with Crippen LogP contribution in [0.15, 0.2) is 92.9 Å². The van der Waals surface area contributed by atoms with Gasteiger partial charge in [0.2, 0.25) is 0 Å². The molecule has 1 saturated carbocycles. The molecule has 0 bridgehead atoms. The summed E-state index contributed by atoms with van der Waals surface area (Å²) < 4.78 is 71.5. The number of benzene rings is 3. The number of nitrogens with one attached hydrogen (secondary N) is 1. The molecule has 22 heteroatoms. The predicted molar refractivity (Wildman–Crippen MR) is 226 cm³/mol. The second-order valence-electron chi connectivity index (χ2n) is 15.7. The van der Waals surface area contributed by atoms with E-state index in [1.165, 1.54) is 60.8 Å². The zero-order chi connectivity index (χ0) is 46.4. The number of methoxy groups -OCH3 is 2. The van der Waals surface area contributed by atoms with E-state index in [1.807, 2.05) is 0 Å². The average molecular weight is 938 g/mol. The Balaban J connectivity index is 1.17. The van der Waals surface area contributed by atoms with Crippen molar-refractivity contribution in [1.29, 1.82) is 0 Å². The fraction of sp³-hybridized carbons (Fsp3) is 0.279. The number of carbonyl (C=O) groups is 2. The Morgan fingerprint density at radius 1 is 0.954 bits per heavy atom. The minimum Gasteiger partial charge on any atom is -0.505 e. The quantitative estimate of drug-likeness (QED) is 0.106. The van der Waals surface area contributed by atoms with Crippen LogP contribution in [0.1, 0.15) is 40.8 Å². The van der Waals surface area contributed by atoms with E-state index in [4.69, 9.17) is 32.7 Å². The molecule has 16 nitrogen and oxygen atoms in total. The van der Waals surface area contributed by atoms with Gasteiger partial charge in [0.1, 0.15) is 5.69 Å². The van der Waals surface area contributed by atoms with E-state index >= 15 is 9.18 Å². The number of aromatic hydroxyl groups is 1. The van der Waals surface area contributed by atoms with Crippen molar-refractivity contribution in [2.24, 2.45) is 13.0 Å². The second-order valence-corrected chi connectivity index (χ2v) is 16.5. The van der Waals surface area contributed by atoms with Crippen molar-refractivity contribution < 1.29 is 41.7 Å². The number of hydrazine groups is 1. The van der Waals surface area contributed by atoms with Crippen LogP contribution >= 0.6 is 23.2 Å². The van der Waals surface area contributed by atoms with E-state index in [-0.39, 0.29) is 47.8 Å². The summed E-state index contributed by atoms with van der Waals surface area (Å²) in [5.41, 5.74) is -1.18. The summed E-state index contributed by atoms with van der Waals surface area (Å²) in [4.78, 5) is 80.8. The number of aromatic nitrogens is 6. The van der Waals surface area contributed by atoms with Crippen molar-refractivity contribution in [3.05, 3.63) is 148 Å². The van der Waals surface area contributed by atoms with Gasteiger partial charge in [0, 0.05) is 49.3 Å². The topological polar surface area (TPSA) is 185 Å². The van der Waals surface area contributed by atoms with Gasteiger partial charge in [0.25, 0.3) is 17.4 Å². The molecule has 5 heterocycles. The lowest BCUT2D eigenvalue weighted by Gasteiger charge is -2.49.